The van der Waals surface area contributed by atoms with Crippen LogP contribution in [-0.4, -0.2) is 229 Å². The van der Waals surface area contributed by atoms with Gasteiger partial charge in [-0.05, 0) is 126 Å². The number of amides is 9. The highest BCUT2D eigenvalue weighted by atomic mass is 16.3. The van der Waals surface area contributed by atoms with Crippen LogP contribution in [0.15, 0.2) is 30.3 Å². The Kier molecular flexibility index (Phi) is 30.8. The van der Waals surface area contributed by atoms with Gasteiger partial charge >= 0.3 is 0 Å². The minimum absolute atomic E-state index is 0.0536. The van der Waals surface area contributed by atoms with Crippen molar-refractivity contribution in [1.29, 1.82) is 0 Å². The number of allylic oxidation sites excluding steroid dienone is 2. The summed E-state index contributed by atoms with van der Waals surface area (Å²) >= 11 is 0. The molecule has 482 valence electrons. The van der Waals surface area contributed by atoms with Gasteiger partial charge in [0.05, 0.1) is 31.8 Å². The maximum Gasteiger partial charge on any atom is 0.245 e. The zero-order valence-electron chi connectivity index (χ0n) is 55.4. The molecule has 22 heteroatoms. The Balaban J connectivity index is 2.77. The Hall–Kier alpha value is -6.13. The van der Waals surface area contributed by atoms with Crippen molar-refractivity contribution in [3.05, 3.63) is 35.9 Å². The van der Waals surface area contributed by atoms with Crippen LogP contribution in [0.4, 0.5) is 5.69 Å². The molecule has 1 aromatic rings. The molecule has 9 amide bonds. The quantitative estimate of drug-likeness (QED) is 0.146. The van der Waals surface area contributed by atoms with Crippen molar-refractivity contribution in [2.45, 2.75) is 183 Å². The molecular formula is C63H110N12O10. The molecule has 1 fully saturated rings. The van der Waals surface area contributed by atoms with E-state index in [4.69, 9.17) is 5.73 Å². The summed E-state index contributed by atoms with van der Waals surface area (Å²) in [5.41, 5.74) is 8.33. The third-order valence-electron chi connectivity index (χ3n) is 16.1. The second kappa shape index (κ2) is 34.9. The van der Waals surface area contributed by atoms with Gasteiger partial charge in [0.15, 0.2) is 0 Å². The summed E-state index contributed by atoms with van der Waals surface area (Å²) < 4.78 is 0. The molecule has 0 saturated carbocycles. The summed E-state index contributed by atoms with van der Waals surface area (Å²) in [6, 6.07) is 0.411. The predicted molar refractivity (Wildman–Crippen MR) is 335 cm³/mol. The smallest absolute Gasteiger partial charge is 0.245 e. The van der Waals surface area contributed by atoms with Gasteiger partial charge in [-0.15, -0.1) is 0 Å². The minimum Gasteiger partial charge on any atom is -0.399 e. The van der Waals surface area contributed by atoms with E-state index in [1.807, 2.05) is 92.6 Å². The molecule has 1 heterocycles. The second-order valence-corrected chi connectivity index (χ2v) is 26.2. The van der Waals surface area contributed by atoms with Gasteiger partial charge in [0.1, 0.15) is 30.2 Å². The fourth-order valence-corrected chi connectivity index (χ4v) is 10.6. The Morgan fingerprint density at radius 3 is 1.60 bits per heavy atom. The number of likely N-dealkylation sites (N-methyl/N-ethyl adjacent to an activating group) is 7. The third-order valence-corrected chi connectivity index (χ3v) is 16.1. The van der Waals surface area contributed by atoms with Gasteiger partial charge < -0.3 is 61.5 Å². The number of aliphatic hydroxyl groups is 1. The minimum atomic E-state index is -1.54. The van der Waals surface area contributed by atoms with E-state index < -0.39 is 121 Å². The summed E-state index contributed by atoms with van der Waals surface area (Å²) in [5, 5.41) is 23.5. The van der Waals surface area contributed by atoms with E-state index in [0.717, 1.165) is 27.4 Å². The van der Waals surface area contributed by atoms with Crippen LogP contribution in [0.1, 0.15) is 135 Å². The summed E-state index contributed by atoms with van der Waals surface area (Å²) in [5.74, 6) is -6.16. The third kappa shape index (κ3) is 23.6. The van der Waals surface area contributed by atoms with Crippen LogP contribution < -0.4 is 27.0 Å². The van der Waals surface area contributed by atoms with Gasteiger partial charge in [-0.2, -0.15) is 0 Å². The molecule has 1 aliphatic heterocycles. The molecule has 10 unspecified atom stereocenters. The number of carbonyl (C=O) groups is 9. The van der Waals surface area contributed by atoms with Crippen LogP contribution >= 0.6 is 0 Å². The zero-order valence-corrected chi connectivity index (χ0v) is 55.4. The van der Waals surface area contributed by atoms with Crippen LogP contribution in [0.25, 0.3) is 5.57 Å². The number of nitrogen functional groups attached to an aromatic ring is 1. The van der Waals surface area contributed by atoms with Gasteiger partial charge in [0.2, 0.25) is 53.2 Å². The number of nitrogens with zero attached hydrogens (tertiary/aromatic N) is 7. The lowest BCUT2D eigenvalue weighted by Gasteiger charge is -2.38. The maximum absolute atomic E-state index is 14.7. The fraction of sp³-hybridized carbons (Fsp3) is 0.730. The van der Waals surface area contributed by atoms with E-state index in [9.17, 15) is 48.3 Å². The largest absolute Gasteiger partial charge is 0.399 e. The highest BCUT2D eigenvalue weighted by molar-refractivity contribution is 5.97. The normalized spacial score (nSPS) is 25.5. The average Bonchev–Trinajstić information content (AvgIpc) is 3.35. The van der Waals surface area contributed by atoms with Gasteiger partial charge in [-0.1, -0.05) is 94.4 Å². The van der Waals surface area contributed by atoms with Crippen molar-refractivity contribution >= 4 is 64.4 Å². The molecule has 0 spiro atoms. The second-order valence-electron chi connectivity index (χ2n) is 26.2. The summed E-state index contributed by atoms with van der Waals surface area (Å²) in [6.07, 6.45) is 2.39. The molecule has 22 nitrogen and oxygen atoms in total. The first-order chi connectivity index (χ1) is 39.4. The number of anilines is 1. The molecule has 1 aliphatic rings. The molecule has 0 radical (unpaired) electrons. The number of benzene rings is 1. The fourth-order valence-electron chi connectivity index (χ4n) is 10.6. The van der Waals surface area contributed by atoms with Crippen LogP contribution in [0, 0.1) is 35.5 Å². The maximum atomic E-state index is 14.7. The van der Waals surface area contributed by atoms with Crippen molar-refractivity contribution in [3.63, 3.8) is 0 Å². The first kappa shape index (κ1) is 75.0. The molecule has 7 N–H and O–H groups in total. The number of rotatable bonds is 14. The number of hydrogen-bond acceptors (Lipinski definition) is 13. The van der Waals surface area contributed by atoms with Crippen molar-refractivity contribution in [2.24, 2.45) is 35.5 Å². The molecule has 2 rings (SSSR count). The highest BCUT2D eigenvalue weighted by Crippen LogP contribution is 2.24. The first-order valence-corrected chi connectivity index (χ1v) is 30.5. The Morgan fingerprint density at radius 2 is 1.07 bits per heavy atom. The van der Waals surface area contributed by atoms with Crippen LogP contribution in [-0.2, 0) is 43.2 Å². The Labute approximate surface area is 509 Å². The summed E-state index contributed by atoms with van der Waals surface area (Å²) in [6.45, 7) is 25.8. The Morgan fingerprint density at radius 1 is 0.576 bits per heavy atom. The van der Waals surface area contributed by atoms with Crippen molar-refractivity contribution in [3.8, 4) is 0 Å². The van der Waals surface area contributed by atoms with Crippen molar-refractivity contribution in [1.82, 2.24) is 55.6 Å². The summed E-state index contributed by atoms with van der Waals surface area (Å²) in [4.78, 5) is 139. The standard InChI is InChI=1S/C63H110N12O10/c1-37(2)28-48-34-70(16)51(31-40(7)8)62(84)72(18)36-54(78)75(21)56(57(79)43(12)23-22-42(11)46-24-26-47(64)27-25-46)61(83)65-32-52(76)71(17)35-53(77)73(19)49(29-38(3)4)60(82)68-55(41(9)10)63(85)74(20)50(30-39(5)6)59(81)67-45(14)58(80)66-44(13)33-69(48)15/h22,24-27,37-41,43-45,48-51,55-57,79H,23,28-36,64H2,1-21H3,(H,65,83)(H,66,80)(H,67,81)(H,68,82). The topological polar surface area (TPSA) is 271 Å². The molecule has 0 bridgehead atoms. The van der Waals surface area contributed by atoms with Crippen molar-refractivity contribution < 1.29 is 48.3 Å². The molecular weight excluding hydrogens is 1080 g/mol. The zero-order chi connectivity index (χ0) is 65.1. The van der Waals surface area contributed by atoms with E-state index >= 15 is 0 Å². The molecule has 0 aromatic heterocycles. The molecule has 85 heavy (non-hydrogen) atoms. The van der Waals surface area contributed by atoms with Gasteiger partial charge in [-0.3, -0.25) is 48.1 Å². The number of aliphatic hydroxyl groups excluding tert-OH is 1. The first-order valence-electron chi connectivity index (χ1n) is 30.5. The van der Waals surface area contributed by atoms with Gasteiger partial charge in [0.25, 0.3) is 0 Å². The van der Waals surface area contributed by atoms with Crippen molar-refractivity contribution in [2.75, 3.05) is 87.8 Å². The number of nitrogens with one attached hydrogen (secondary N) is 4. The average molecular weight is 1200 g/mol. The molecule has 0 aliphatic carbocycles. The molecule has 1 saturated heterocycles. The lowest BCUT2D eigenvalue weighted by atomic mass is 9.91. The highest BCUT2D eigenvalue weighted by Gasteiger charge is 2.40. The number of carbonyl (C=O) groups excluding carboxylic acids is 9. The predicted octanol–water partition coefficient (Wildman–Crippen LogP) is 3.52. The van der Waals surface area contributed by atoms with E-state index in [2.05, 4.69) is 40.0 Å². The molecule has 1 aromatic carbocycles. The van der Waals surface area contributed by atoms with E-state index in [1.165, 1.54) is 49.9 Å². The monoisotopic (exact) mass is 1190 g/mol. The van der Waals surface area contributed by atoms with Crippen LogP contribution in [0.5, 0.6) is 0 Å². The van der Waals surface area contributed by atoms with Crippen LogP contribution in [0.3, 0.4) is 0 Å². The van der Waals surface area contributed by atoms with Gasteiger partial charge in [0, 0.05) is 66.1 Å². The SMILES string of the molecule is CC(=CCC(C)C(O)C1C(=O)NCC(=O)N(C)CC(=O)N(C)C(CC(C)C)C(=O)NC(C(C)C)C(=O)N(C)C(CC(C)C)C(=O)NC(C)C(=O)NC(C)CN(C)C(CC(C)C)CN(C)C(CC(C)C)C(=O)N(C)CC(=O)N1C)c1ccc(N)cc1. The lowest BCUT2D eigenvalue weighted by Crippen LogP contribution is -2.60. The van der Waals surface area contributed by atoms with Gasteiger partial charge in [-0.25, -0.2) is 0 Å². The molecule has 10 atom stereocenters. The van der Waals surface area contributed by atoms with E-state index in [1.54, 1.807) is 39.8 Å². The summed E-state index contributed by atoms with van der Waals surface area (Å²) in [7, 11) is 11.1. The number of hydrogen-bond donors (Lipinski definition) is 6. The van der Waals surface area contributed by atoms with E-state index in [-0.39, 0.29) is 54.5 Å². The van der Waals surface area contributed by atoms with Crippen LogP contribution in [0.2, 0.25) is 0 Å². The number of nitrogens with two attached hydrogens (primary N) is 1. The lowest BCUT2D eigenvalue weighted by molar-refractivity contribution is -0.149. The Bertz CT molecular complexity index is 2420. The van der Waals surface area contributed by atoms with E-state index in [0.29, 0.717) is 31.6 Å².